The summed E-state index contributed by atoms with van der Waals surface area (Å²) in [6.45, 7) is 0. The number of amides is 1. The van der Waals surface area contributed by atoms with Crippen molar-refractivity contribution in [2.45, 2.75) is 18.9 Å². The molecule has 1 atom stereocenters. The Bertz CT molecular complexity index is 1130. The summed E-state index contributed by atoms with van der Waals surface area (Å²) in [5.74, 6) is -0.430. The molecular weight excluding hydrogens is 386 g/mol. The molecule has 0 saturated heterocycles. The predicted octanol–water partition coefficient (Wildman–Crippen LogP) is 4.41. The lowest BCUT2D eigenvalue weighted by Crippen LogP contribution is -2.18. The van der Waals surface area contributed by atoms with Gasteiger partial charge in [0.1, 0.15) is 6.42 Å². The van der Waals surface area contributed by atoms with Crippen molar-refractivity contribution in [2.75, 3.05) is 5.01 Å². The molecule has 6 nitrogen and oxygen atoms in total. The van der Waals surface area contributed by atoms with Crippen LogP contribution in [0.4, 0.5) is 5.69 Å². The molecule has 1 aliphatic heterocycles. The van der Waals surface area contributed by atoms with Gasteiger partial charge in [0.25, 0.3) is 5.91 Å². The second-order valence-corrected chi connectivity index (χ2v) is 7.11. The molecule has 1 heterocycles. The van der Waals surface area contributed by atoms with E-state index in [4.69, 9.17) is 10.4 Å². The molecule has 0 bridgehead atoms. The van der Waals surface area contributed by atoms with E-state index >= 15 is 0 Å². The van der Waals surface area contributed by atoms with Gasteiger partial charge in [-0.05, 0) is 28.8 Å². The van der Waals surface area contributed by atoms with E-state index in [1.807, 2.05) is 60.7 Å². The fourth-order valence-electron chi connectivity index (χ4n) is 3.49. The molecule has 1 amide bonds. The van der Waals surface area contributed by atoms with Crippen LogP contribution in [0.2, 0.25) is 0 Å². The quantitative estimate of drug-likeness (QED) is 0.486. The van der Waals surface area contributed by atoms with Crippen molar-refractivity contribution in [1.29, 1.82) is 5.26 Å². The zero-order valence-corrected chi connectivity index (χ0v) is 16.8. The highest BCUT2D eigenvalue weighted by atomic mass is 16.2. The van der Waals surface area contributed by atoms with Crippen LogP contribution in [0.1, 0.15) is 35.6 Å². The first kappa shape index (κ1) is 20.0. The van der Waals surface area contributed by atoms with Crippen LogP contribution >= 0.6 is 0 Å². The van der Waals surface area contributed by atoms with E-state index in [9.17, 15) is 4.79 Å². The number of nitriles is 1. The molecule has 31 heavy (non-hydrogen) atoms. The zero-order valence-electron chi connectivity index (χ0n) is 16.8. The van der Waals surface area contributed by atoms with Gasteiger partial charge < -0.3 is 0 Å². The molecule has 0 unspecified atom stereocenters. The summed E-state index contributed by atoms with van der Waals surface area (Å²) in [4.78, 5) is 11.3. The van der Waals surface area contributed by atoms with E-state index in [1.165, 1.54) is 5.56 Å². The molecule has 0 radical (unpaired) electrons. The van der Waals surface area contributed by atoms with Crippen LogP contribution in [0.5, 0.6) is 0 Å². The molecule has 152 valence electrons. The Kier molecular flexibility index (Phi) is 6.15. The molecule has 0 aromatic heterocycles. The van der Waals surface area contributed by atoms with E-state index in [-0.39, 0.29) is 12.5 Å². The predicted molar refractivity (Wildman–Crippen MR) is 122 cm³/mol. The monoisotopic (exact) mass is 407 g/mol. The second-order valence-electron chi connectivity index (χ2n) is 7.11. The molecule has 0 aliphatic carbocycles. The lowest BCUT2D eigenvalue weighted by atomic mass is 9.98. The number of carbonyl (C=O) groups is 1. The van der Waals surface area contributed by atoms with Gasteiger partial charge in [-0.15, -0.1) is 0 Å². The fraction of sp³-hybridized carbons (Fsp3) is 0.120. The van der Waals surface area contributed by atoms with Gasteiger partial charge in [0.2, 0.25) is 0 Å². The lowest BCUT2D eigenvalue weighted by molar-refractivity contribution is -0.120. The highest BCUT2D eigenvalue weighted by molar-refractivity contribution is 6.03. The standard InChI is InChI=1S/C25H21N5O/c26-16-15-25(31)28-27-18-19-11-13-22(14-12-19)30-24(21-9-5-2-6-10-21)17-23(29-30)20-7-3-1-4-8-20/h1-14,18,24H,15,17H2,(H,28,31)/b27-18-/t24-/m0/s1. The summed E-state index contributed by atoms with van der Waals surface area (Å²) >= 11 is 0. The third kappa shape index (κ3) is 4.85. The Hall–Kier alpha value is -4.24. The van der Waals surface area contributed by atoms with Gasteiger partial charge in [0, 0.05) is 6.42 Å². The summed E-state index contributed by atoms with van der Waals surface area (Å²) < 4.78 is 0. The fourth-order valence-corrected chi connectivity index (χ4v) is 3.49. The van der Waals surface area contributed by atoms with Crippen LogP contribution in [0, 0.1) is 11.3 Å². The molecule has 1 aliphatic rings. The number of hydrogen-bond acceptors (Lipinski definition) is 5. The van der Waals surface area contributed by atoms with Crippen LogP contribution in [-0.2, 0) is 4.79 Å². The van der Waals surface area contributed by atoms with E-state index in [1.54, 1.807) is 12.3 Å². The van der Waals surface area contributed by atoms with Crippen LogP contribution in [0.3, 0.4) is 0 Å². The van der Waals surface area contributed by atoms with Crippen molar-refractivity contribution < 1.29 is 4.79 Å². The number of nitrogens with zero attached hydrogens (tertiary/aromatic N) is 4. The Morgan fingerprint density at radius 2 is 1.74 bits per heavy atom. The zero-order chi connectivity index (χ0) is 21.5. The average molecular weight is 407 g/mol. The first-order valence-electron chi connectivity index (χ1n) is 10.0. The summed E-state index contributed by atoms with van der Waals surface area (Å²) in [7, 11) is 0. The maximum atomic E-state index is 11.3. The molecular formula is C25H21N5O. The molecule has 3 aromatic rings. The number of hydrazone groups is 2. The normalized spacial score (nSPS) is 15.5. The number of hydrogen-bond donors (Lipinski definition) is 1. The van der Waals surface area contributed by atoms with E-state index in [2.05, 4.69) is 39.8 Å². The molecule has 0 spiro atoms. The molecule has 0 fully saturated rings. The minimum atomic E-state index is -0.430. The minimum absolute atomic E-state index is 0.112. The van der Waals surface area contributed by atoms with Gasteiger partial charge in [-0.3, -0.25) is 9.80 Å². The maximum absolute atomic E-state index is 11.3. The smallest absolute Gasteiger partial charge is 0.254 e. The van der Waals surface area contributed by atoms with Gasteiger partial charge in [-0.1, -0.05) is 72.8 Å². The first-order chi connectivity index (χ1) is 15.2. The molecule has 1 N–H and O–H groups in total. The highest BCUT2D eigenvalue weighted by Gasteiger charge is 2.29. The first-order valence-corrected chi connectivity index (χ1v) is 10.0. The minimum Gasteiger partial charge on any atom is -0.272 e. The van der Waals surface area contributed by atoms with Crippen LogP contribution < -0.4 is 10.4 Å². The average Bonchev–Trinajstić information content (AvgIpc) is 3.26. The third-order valence-electron chi connectivity index (χ3n) is 5.00. The number of benzene rings is 3. The van der Waals surface area contributed by atoms with Crippen LogP contribution in [0.15, 0.2) is 95.1 Å². The van der Waals surface area contributed by atoms with Gasteiger partial charge in [-0.25, -0.2) is 5.43 Å². The molecule has 3 aromatic carbocycles. The van der Waals surface area contributed by atoms with Crippen molar-refractivity contribution in [1.82, 2.24) is 5.43 Å². The summed E-state index contributed by atoms with van der Waals surface area (Å²) in [6, 6.07) is 30.4. The highest BCUT2D eigenvalue weighted by Crippen LogP contribution is 2.36. The Morgan fingerprint density at radius 1 is 1.06 bits per heavy atom. The lowest BCUT2D eigenvalue weighted by Gasteiger charge is -2.24. The summed E-state index contributed by atoms with van der Waals surface area (Å²) in [6.07, 6.45) is 2.16. The van der Waals surface area contributed by atoms with E-state index < -0.39 is 5.91 Å². The Labute approximate surface area is 181 Å². The van der Waals surface area contributed by atoms with Crippen LogP contribution in [-0.4, -0.2) is 17.8 Å². The van der Waals surface area contributed by atoms with Gasteiger partial charge in [0.05, 0.1) is 29.7 Å². The number of carbonyl (C=O) groups excluding carboxylic acids is 1. The van der Waals surface area contributed by atoms with Gasteiger partial charge in [0.15, 0.2) is 0 Å². The van der Waals surface area contributed by atoms with Crippen molar-refractivity contribution in [3.05, 3.63) is 102 Å². The van der Waals surface area contributed by atoms with Crippen LogP contribution in [0.25, 0.3) is 0 Å². The number of rotatable bonds is 6. The third-order valence-corrected chi connectivity index (χ3v) is 5.00. The SMILES string of the molecule is N#CCC(=O)N/N=C\c1ccc(N2N=C(c3ccccc3)C[C@H]2c2ccccc2)cc1. The maximum Gasteiger partial charge on any atom is 0.254 e. The van der Waals surface area contributed by atoms with E-state index in [0.717, 1.165) is 28.9 Å². The van der Waals surface area contributed by atoms with Gasteiger partial charge >= 0.3 is 0 Å². The van der Waals surface area contributed by atoms with Crippen molar-refractivity contribution in [3.8, 4) is 6.07 Å². The van der Waals surface area contributed by atoms with E-state index in [0.29, 0.717) is 0 Å². The molecule has 4 rings (SSSR count). The Balaban J connectivity index is 1.57. The second kappa shape index (κ2) is 9.51. The number of nitrogens with one attached hydrogen (secondary N) is 1. The summed E-state index contributed by atoms with van der Waals surface area (Å²) in [5, 5.41) is 19.4. The Morgan fingerprint density at radius 3 is 2.42 bits per heavy atom. The topological polar surface area (TPSA) is 80.8 Å². The number of anilines is 1. The largest absolute Gasteiger partial charge is 0.272 e. The molecule has 6 heteroatoms. The van der Waals surface area contributed by atoms with Crippen molar-refractivity contribution in [3.63, 3.8) is 0 Å². The van der Waals surface area contributed by atoms with Crippen molar-refractivity contribution >= 4 is 23.5 Å². The summed E-state index contributed by atoms with van der Waals surface area (Å²) in [5.41, 5.74) is 7.54. The molecule has 0 saturated carbocycles. The van der Waals surface area contributed by atoms with Crippen molar-refractivity contribution in [2.24, 2.45) is 10.2 Å². The van der Waals surface area contributed by atoms with Gasteiger partial charge in [-0.2, -0.15) is 15.5 Å².